The molecular weight excluding hydrogens is 873 g/mol. The zero-order chi connectivity index (χ0) is 49.3. The van der Waals surface area contributed by atoms with Gasteiger partial charge in [-0.15, -0.1) is 0 Å². The van der Waals surface area contributed by atoms with Crippen LogP contribution in [0.2, 0.25) is 0 Å². The van der Waals surface area contributed by atoms with Crippen LogP contribution in [0, 0.1) is 41.2 Å². The van der Waals surface area contributed by atoms with Gasteiger partial charge in [0, 0.05) is 52.0 Å². The number of piperidine rings is 1. The molecule has 376 valence electrons. The first-order valence-electron chi connectivity index (χ1n) is 24.1. The minimum absolute atomic E-state index is 0.00166. The Hall–Kier alpha value is -3.48. The molecule has 3 aliphatic heterocycles. The van der Waals surface area contributed by atoms with Crippen LogP contribution in [-0.2, 0) is 47.6 Å². The standard InChI is InChI=1S/C51H75F2NO13/c1-10-34-20-28(2)19-29(3)21-44(63-8)47-45(64-9)23-31(5)51(61,67-47)48(58)49(59)54-18-12-11-13-38(54)50(60)66-46(32(6)39(55)26-40(34)56)30(4)22-33-14-17-42(43(24-33)62-7)65-27-41(57)35-15-16-36(52)37(53)25-35/h15-16,20,22,25,29,31-34,38-39,41-47,55,57,61H,10-14,17-19,21,23-24,26-27H2,1-9H3/b28-20+,30-22+/t29-,31+,32+,33-,34+,38-,39-,41-,42+,43+,44?,45-,46+,47+,51+/m0/s1. The number of aliphatic hydroxyl groups is 3. The molecule has 14 nitrogen and oxygen atoms in total. The summed E-state index contributed by atoms with van der Waals surface area (Å²) in [7, 11) is 4.58. The molecule has 5 rings (SSSR count). The van der Waals surface area contributed by atoms with Gasteiger partial charge >= 0.3 is 5.97 Å². The molecule has 3 heterocycles. The van der Waals surface area contributed by atoms with Crippen molar-refractivity contribution in [3.63, 3.8) is 0 Å². The average molecular weight is 948 g/mol. The van der Waals surface area contributed by atoms with Gasteiger partial charge in [-0.2, -0.15) is 0 Å². The van der Waals surface area contributed by atoms with E-state index in [1.807, 2.05) is 32.9 Å². The molecular formula is C51H75F2NO13. The highest BCUT2D eigenvalue weighted by Gasteiger charge is 2.56. The van der Waals surface area contributed by atoms with Gasteiger partial charge < -0.3 is 48.6 Å². The third-order valence-electron chi connectivity index (χ3n) is 14.7. The maximum atomic E-state index is 14.5. The first-order valence-corrected chi connectivity index (χ1v) is 24.1. The summed E-state index contributed by atoms with van der Waals surface area (Å²) in [5.41, 5.74) is 1.74. The van der Waals surface area contributed by atoms with E-state index in [1.165, 1.54) is 20.3 Å². The first-order chi connectivity index (χ1) is 31.8. The summed E-state index contributed by atoms with van der Waals surface area (Å²) < 4.78 is 63.6. The minimum atomic E-state index is -2.54. The van der Waals surface area contributed by atoms with Gasteiger partial charge in [0.1, 0.15) is 30.1 Å². The van der Waals surface area contributed by atoms with Gasteiger partial charge in [0.05, 0.1) is 37.1 Å². The molecule has 0 spiro atoms. The molecule has 1 saturated carbocycles. The molecule has 1 aromatic rings. The smallest absolute Gasteiger partial charge is 0.329 e. The number of carbonyl (C=O) groups is 4. The molecule has 1 aliphatic carbocycles. The van der Waals surface area contributed by atoms with Crippen LogP contribution >= 0.6 is 0 Å². The molecule has 0 aromatic heterocycles. The van der Waals surface area contributed by atoms with E-state index in [9.17, 15) is 43.3 Å². The maximum absolute atomic E-state index is 14.5. The largest absolute Gasteiger partial charge is 0.456 e. The zero-order valence-corrected chi connectivity index (χ0v) is 40.8. The highest BCUT2D eigenvalue weighted by molar-refractivity contribution is 6.39. The molecule has 1 unspecified atom stereocenters. The van der Waals surface area contributed by atoms with E-state index >= 15 is 0 Å². The topological polar surface area (TPSA) is 188 Å². The van der Waals surface area contributed by atoms with Crippen molar-refractivity contribution in [2.24, 2.45) is 29.6 Å². The molecule has 1 amide bonds. The van der Waals surface area contributed by atoms with Crippen LogP contribution in [0.15, 0.2) is 41.5 Å². The second-order valence-electron chi connectivity index (χ2n) is 19.6. The zero-order valence-electron chi connectivity index (χ0n) is 40.8. The van der Waals surface area contributed by atoms with Crippen molar-refractivity contribution in [3.8, 4) is 0 Å². The molecule has 2 saturated heterocycles. The molecule has 2 bridgehead atoms. The number of Topliss-reactive ketones (excluding diaryl/α,β-unsaturated/α-hetero) is 2. The van der Waals surface area contributed by atoms with Gasteiger partial charge in [-0.3, -0.25) is 14.4 Å². The van der Waals surface area contributed by atoms with Crippen molar-refractivity contribution in [1.29, 1.82) is 0 Å². The van der Waals surface area contributed by atoms with Crippen LogP contribution in [0.5, 0.6) is 0 Å². The first kappa shape index (κ1) is 54.5. The van der Waals surface area contributed by atoms with E-state index in [0.717, 1.165) is 22.6 Å². The number of nitrogens with zero attached hydrogens (tertiary/aromatic N) is 1. The molecule has 1 aromatic carbocycles. The average Bonchev–Trinajstić information content (AvgIpc) is 3.31. The predicted octanol–water partition coefficient (Wildman–Crippen LogP) is 6.51. The van der Waals surface area contributed by atoms with E-state index in [0.29, 0.717) is 56.9 Å². The Kier molecular flexibility index (Phi) is 19.8. The lowest BCUT2D eigenvalue weighted by molar-refractivity contribution is -0.302. The fourth-order valence-corrected chi connectivity index (χ4v) is 10.6. The van der Waals surface area contributed by atoms with E-state index in [-0.39, 0.29) is 55.6 Å². The fraction of sp³-hybridized carbons (Fsp3) is 0.725. The number of rotatable bonds is 10. The monoisotopic (exact) mass is 948 g/mol. The summed E-state index contributed by atoms with van der Waals surface area (Å²) in [6, 6.07) is 1.99. The van der Waals surface area contributed by atoms with Gasteiger partial charge in [-0.05, 0) is 113 Å². The minimum Gasteiger partial charge on any atom is -0.456 e. The number of allylic oxidation sites excluding steroid dienone is 3. The number of hydrogen-bond donors (Lipinski definition) is 3. The van der Waals surface area contributed by atoms with Crippen LogP contribution in [0.4, 0.5) is 8.78 Å². The Morgan fingerprint density at radius 2 is 1.61 bits per heavy atom. The normalized spacial score (nSPS) is 37.2. The van der Waals surface area contributed by atoms with Crippen LogP contribution in [-0.4, -0.2) is 133 Å². The van der Waals surface area contributed by atoms with Crippen molar-refractivity contribution in [2.45, 2.75) is 173 Å². The van der Waals surface area contributed by atoms with E-state index in [4.69, 9.17) is 28.4 Å². The number of hydrogen-bond acceptors (Lipinski definition) is 13. The summed E-state index contributed by atoms with van der Waals surface area (Å²) in [5.74, 6) is -10.1. The Labute approximate surface area is 394 Å². The lowest BCUT2D eigenvalue weighted by Gasteiger charge is -2.47. The summed E-state index contributed by atoms with van der Waals surface area (Å²) >= 11 is 0. The molecule has 3 fully saturated rings. The molecule has 0 radical (unpaired) electrons. The maximum Gasteiger partial charge on any atom is 0.329 e. The second-order valence-corrected chi connectivity index (χ2v) is 19.6. The quantitative estimate of drug-likeness (QED) is 0.131. The van der Waals surface area contributed by atoms with Crippen molar-refractivity contribution < 1.29 is 71.7 Å². The number of amides is 1. The number of carbonyl (C=O) groups excluding carboxylic acids is 4. The highest BCUT2D eigenvalue weighted by Crippen LogP contribution is 2.39. The van der Waals surface area contributed by atoms with Gasteiger partial charge in [0.2, 0.25) is 5.79 Å². The van der Waals surface area contributed by atoms with Crippen LogP contribution in [0.25, 0.3) is 0 Å². The SMILES string of the molecule is CC[C@@H]1/C=C(\C)C[C@H](C)CC(OC)[C@H]2O[C@@](O)(C(=O)C(=O)N3CCCC[C@H]3C(=O)O[C@H](/C(C)=C/[C@@H]3CC[C@@H](OC[C@H](O)c4ccc(F)c(F)c4)[C@H](OC)C3)[C@H](C)[C@@H](O)CC1=O)[C@H](C)C[C@@H]2OC. The van der Waals surface area contributed by atoms with Crippen LogP contribution in [0.1, 0.15) is 124 Å². The summed E-state index contributed by atoms with van der Waals surface area (Å²) in [6.45, 7) is 10.9. The van der Waals surface area contributed by atoms with Gasteiger partial charge in [-0.25, -0.2) is 13.6 Å². The Balaban J connectivity index is 1.44. The summed E-state index contributed by atoms with van der Waals surface area (Å²) in [6.07, 6.45) is 1.82. The number of fused-ring (bicyclic) bond motifs is 3. The number of ether oxygens (including phenoxy) is 6. The highest BCUT2D eigenvalue weighted by atomic mass is 19.2. The molecule has 15 atom stereocenters. The number of cyclic esters (lactones) is 1. The third kappa shape index (κ3) is 13.2. The Morgan fingerprint density at radius 3 is 2.27 bits per heavy atom. The lowest BCUT2D eigenvalue weighted by atomic mass is 9.81. The number of ketones is 2. The van der Waals surface area contributed by atoms with Crippen LogP contribution in [0.3, 0.4) is 0 Å². The van der Waals surface area contributed by atoms with E-state index in [1.54, 1.807) is 27.9 Å². The number of benzene rings is 1. The third-order valence-corrected chi connectivity index (χ3v) is 14.7. The molecule has 4 aliphatic rings. The van der Waals surface area contributed by atoms with E-state index in [2.05, 4.69) is 0 Å². The second kappa shape index (κ2) is 24.4. The number of esters is 1. The Morgan fingerprint density at radius 1 is 0.925 bits per heavy atom. The fourth-order valence-electron chi connectivity index (χ4n) is 10.6. The molecule has 67 heavy (non-hydrogen) atoms. The molecule has 16 heteroatoms. The number of aliphatic hydroxyl groups excluding tert-OH is 2. The Bertz CT molecular complexity index is 1930. The van der Waals surface area contributed by atoms with Gasteiger partial charge in [-0.1, -0.05) is 51.5 Å². The van der Waals surface area contributed by atoms with Crippen LogP contribution < -0.4 is 0 Å². The number of halogens is 2. The van der Waals surface area contributed by atoms with Crippen molar-refractivity contribution in [1.82, 2.24) is 4.90 Å². The number of methoxy groups -OCH3 is 3. The van der Waals surface area contributed by atoms with Crippen molar-refractivity contribution in [3.05, 3.63) is 58.7 Å². The molecule has 3 N–H and O–H groups in total. The van der Waals surface area contributed by atoms with Gasteiger partial charge in [0.15, 0.2) is 11.6 Å². The summed E-state index contributed by atoms with van der Waals surface area (Å²) in [4.78, 5) is 58.3. The van der Waals surface area contributed by atoms with E-state index < -0.39 is 108 Å². The lowest BCUT2D eigenvalue weighted by Crippen LogP contribution is -2.64. The predicted molar refractivity (Wildman–Crippen MR) is 243 cm³/mol. The van der Waals surface area contributed by atoms with Gasteiger partial charge in [0.25, 0.3) is 11.7 Å². The summed E-state index contributed by atoms with van der Waals surface area (Å²) in [5, 5.41) is 34.6. The van der Waals surface area contributed by atoms with Crippen molar-refractivity contribution in [2.75, 3.05) is 34.5 Å². The van der Waals surface area contributed by atoms with Crippen molar-refractivity contribution >= 4 is 23.4 Å².